The Balaban J connectivity index is 0.865. The molecule has 0 radical (unpaired) electrons. The van der Waals surface area contributed by atoms with Gasteiger partial charge >= 0.3 is 18.7 Å². The minimum absolute atomic E-state index is 0.0242. The normalized spacial score (nSPS) is 20.7. The van der Waals surface area contributed by atoms with Gasteiger partial charge in [0.15, 0.2) is 11.5 Å². The van der Waals surface area contributed by atoms with Crippen LogP contribution in [0.4, 0.5) is 13.6 Å². The Morgan fingerprint density at radius 2 is 1.52 bits per heavy atom. The van der Waals surface area contributed by atoms with Crippen molar-refractivity contribution in [1.29, 1.82) is 0 Å². The number of esters is 1. The number of hydrogen-bond donors (Lipinski definition) is 1. The summed E-state index contributed by atoms with van der Waals surface area (Å²) in [5.74, 6) is 0.290. The number of carbonyl (C=O) groups is 3. The van der Waals surface area contributed by atoms with Gasteiger partial charge in [0.2, 0.25) is 0 Å². The largest absolute Gasteiger partial charge is 0.489 e. The minimum atomic E-state index is -3.08. The summed E-state index contributed by atoms with van der Waals surface area (Å²) in [5.41, 5.74) is 3.84. The number of piperidine rings is 4. The molecule has 0 unspecified atom stereocenters. The molecule has 4 saturated heterocycles. The number of alkyl halides is 2. The number of rotatable bonds is 18. The lowest BCUT2D eigenvalue weighted by atomic mass is 9.86. The van der Waals surface area contributed by atoms with Crippen molar-refractivity contribution in [3.05, 3.63) is 153 Å². The van der Waals surface area contributed by atoms with Crippen molar-refractivity contribution in [3.8, 4) is 17.2 Å². The SMILES string of the molecule is O=C(N[C@@H](c1ccccc1)c1cccc(OCc2ccc(C(=O)N3CCCC[C@H]3C(=O)O[C@@H](Cc3c(Cl)cncc3Cl)c3ccc(OC(F)F)c(OCC4CC4)c3)cc2)c1)O[C@H]1CN2CCC1CC2. The van der Waals surface area contributed by atoms with Gasteiger partial charge in [0.05, 0.1) is 22.7 Å². The summed E-state index contributed by atoms with van der Waals surface area (Å²) in [4.78, 5) is 49.8. The molecule has 16 heteroatoms. The molecule has 69 heavy (non-hydrogen) atoms. The fourth-order valence-electron chi connectivity index (χ4n) is 9.41. The number of carbonyl (C=O) groups excluding carboxylic acids is 3. The molecular formula is C53H54Cl2F2N4O8. The van der Waals surface area contributed by atoms with Crippen LogP contribution in [0.5, 0.6) is 17.2 Å². The highest BCUT2D eigenvalue weighted by atomic mass is 35.5. The molecule has 1 aromatic heterocycles. The van der Waals surface area contributed by atoms with Crippen molar-refractivity contribution in [2.75, 3.05) is 32.8 Å². The highest BCUT2D eigenvalue weighted by Gasteiger charge is 2.38. The average Bonchev–Trinajstić information content (AvgIpc) is 4.21. The van der Waals surface area contributed by atoms with Crippen molar-refractivity contribution < 1.29 is 46.8 Å². The summed E-state index contributed by atoms with van der Waals surface area (Å²) in [7, 11) is 0. The lowest BCUT2D eigenvalue weighted by Gasteiger charge is -2.43. The monoisotopic (exact) mass is 982 g/mol. The van der Waals surface area contributed by atoms with Crippen molar-refractivity contribution in [3.63, 3.8) is 0 Å². The third-order valence-corrected chi connectivity index (χ3v) is 14.1. The van der Waals surface area contributed by atoms with E-state index in [1.165, 1.54) is 30.6 Å². The number of halogens is 4. The molecule has 10 rings (SSSR count). The van der Waals surface area contributed by atoms with Crippen molar-refractivity contribution >= 4 is 41.2 Å². The molecule has 5 heterocycles. The van der Waals surface area contributed by atoms with E-state index in [9.17, 15) is 23.2 Å². The zero-order chi connectivity index (χ0) is 47.9. The average molecular weight is 984 g/mol. The van der Waals surface area contributed by atoms with Crippen LogP contribution in [-0.4, -0.2) is 84.3 Å². The molecule has 1 saturated carbocycles. The zero-order valence-corrected chi connectivity index (χ0v) is 39.5. The Kier molecular flexibility index (Phi) is 15.5. The Hall–Kier alpha value is -5.96. The van der Waals surface area contributed by atoms with Crippen LogP contribution in [0, 0.1) is 11.8 Å². The van der Waals surface area contributed by atoms with Crippen LogP contribution >= 0.6 is 23.2 Å². The molecule has 12 nitrogen and oxygen atoms in total. The number of fused-ring (bicyclic) bond motifs is 3. The van der Waals surface area contributed by atoms with E-state index in [0.29, 0.717) is 66.7 Å². The number of ether oxygens (including phenoxy) is 5. The molecule has 1 aliphatic carbocycles. The first kappa shape index (κ1) is 48.1. The second-order valence-corrected chi connectivity index (χ2v) is 19.0. The lowest BCUT2D eigenvalue weighted by molar-refractivity contribution is -0.156. The molecule has 0 spiro atoms. The fourth-order valence-corrected chi connectivity index (χ4v) is 9.92. The molecule has 5 aromatic rings. The van der Waals surface area contributed by atoms with Gasteiger partial charge in [-0.05, 0) is 134 Å². The maximum Gasteiger partial charge on any atom is 0.408 e. The predicted molar refractivity (Wildman–Crippen MR) is 255 cm³/mol. The first-order valence-electron chi connectivity index (χ1n) is 23.6. The van der Waals surface area contributed by atoms with Crippen LogP contribution in [0.1, 0.15) is 95.3 Å². The topological polar surface area (TPSA) is 129 Å². The summed E-state index contributed by atoms with van der Waals surface area (Å²) in [6, 6.07) is 27.4. The maximum absolute atomic E-state index is 14.3. The zero-order valence-electron chi connectivity index (χ0n) is 38.0. The third-order valence-electron chi connectivity index (χ3n) is 13.4. The van der Waals surface area contributed by atoms with Gasteiger partial charge in [0.1, 0.15) is 30.6 Å². The fraction of sp³-hybridized carbons (Fsp3) is 0.396. The van der Waals surface area contributed by atoms with Gasteiger partial charge in [-0.25, -0.2) is 9.59 Å². The Morgan fingerprint density at radius 1 is 0.768 bits per heavy atom. The Bertz CT molecular complexity index is 2560. The molecule has 5 aliphatic rings. The maximum atomic E-state index is 14.3. The highest BCUT2D eigenvalue weighted by molar-refractivity contribution is 6.35. The number of likely N-dealkylation sites (tertiary alicyclic amines) is 1. The van der Waals surface area contributed by atoms with Crippen LogP contribution in [0.15, 0.2) is 109 Å². The minimum Gasteiger partial charge on any atom is -0.489 e. The van der Waals surface area contributed by atoms with Crippen molar-refractivity contribution in [2.24, 2.45) is 11.8 Å². The summed E-state index contributed by atoms with van der Waals surface area (Å²) < 4.78 is 56.0. The summed E-state index contributed by atoms with van der Waals surface area (Å²) in [6.07, 6.45) is 7.11. The number of pyridine rings is 1. The van der Waals surface area contributed by atoms with Gasteiger partial charge in [-0.15, -0.1) is 0 Å². The van der Waals surface area contributed by atoms with Crippen LogP contribution in [0.2, 0.25) is 10.0 Å². The molecule has 2 amide bonds. The number of hydrogen-bond acceptors (Lipinski definition) is 10. The molecule has 2 bridgehead atoms. The van der Waals surface area contributed by atoms with E-state index in [1.54, 1.807) is 17.0 Å². The molecule has 5 fully saturated rings. The van der Waals surface area contributed by atoms with E-state index < -0.39 is 36.9 Å². The predicted octanol–water partition coefficient (Wildman–Crippen LogP) is 10.8. The van der Waals surface area contributed by atoms with E-state index in [-0.39, 0.29) is 46.6 Å². The van der Waals surface area contributed by atoms with Gasteiger partial charge in [-0.2, -0.15) is 8.78 Å². The van der Waals surface area contributed by atoms with Gasteiger partial charge in [0, 0.05) is 37.5 Å². The van der Waals surface area contributed by atoms with Gasteiger partial charge in [-0.3, -0.25) is 14.7 Å². The molecular weight excluding hydrogens is 930 g/mol. The van der Waals surface area contributed by atoms with E-state index >= 15 is 0 Å². The second kappa shape index (κ2) is 22.2. The molecule has 1 N–H and O–H groups in total. The van der Waals surface area contributed by atoms with Crippen LogP contribution in [0.3, 0.4) is 0 Å². The first-order chi connectivity index (χ1) is 33.5. The summed E-state index contributed by atoms with van der Waals surface area (Å²) in [6.45, 7) is 0.663. The second-order valence-electron chi connectivity index (χ2n) is 18.2. The number of nitrogens with one attached hydrogen (secondary N) is 1. The Morgan fingerprint density at radius 3 is 2.23 bits per heavy atom. The van der Waals surface area contributed by atoms with Crippen LogP contribution < -0.4 is 19.5 Å². The third kappa shape index (κ3) is 12.3. The number of benzene rings is 4. The number of aromatic nitrogens is 1. The molecule has 4 atom stereocenters. The number of nitrogens with zero attached hydrogens (tertiary/aromatic N) is 3. The quantitative estimate of drug-likeness (QED) is 0.0848. The van der Waals surface area contributed by atoms with Crippen molar-refractivity contribution in [2.45, 2.75) is 88.9 Å². The van der Waals surface area contributed by atoms with Gasteiger partial charge < -0.3 is 33.9 Å². The van der Waals surface area contributed by atoms with Gasteiger partial charge in [0.25, 0.3) is 5.91 Å². The number of amides is 2. The standard InChI is InChI=1S/C53H54Cl2F2N4O8/c54-42-28-58-29-43(55)41(42)27-46(38-18-19-45(68-52(56)57)47(26-38)66-32-33-12-13-33)67-51(63)44-11-4-5-22-61(44)50(62)37-16-14-34(15-17-37)31-65-40-10-6-9-39(25-40)49(36-7-2-1-3-8-36)59-53(64)69-48-30-60-23-20-35(48)21-24-60/h1-3,6-10,14-19,25-26,28-29,33,35,44,46,48-49,52H,4-5,11-13,20-24,27,30-32H2,(H,59,64)/t44-,46-,48-,49-/m0/s1. The molecule has 4 aliphatic heterocycles. The van der Waals surface area contributed by atoms with Crippen LogP contribution in [0.25, 0.3) is 0 Å². The smallest absolute Gasteiger partial charge is 0.408 e. The molecule has 4 aromatic carbocycles. The summed E-state index contributed by atoms with van der Waals surface area (Å²) >= 11 is 13.1. The van der Waals surface area contributed by atoms with Crippen molar-refractivity contribution in [1.82, 2.24) is 20.1 Å². The number of alkyl carbamates (subject to hydrolysis) is 1. The highest BCUT2D eigenvalue weighted by Crippen LogP contribution is 2.39. The van der Waals surface area contributed by atoms with E-state index in [0.717, 1.165) is 62.0 Å². The van der Waals surface area contributed by atoms with Crippen LogP contribution in [-0.2, 0) is 27.3 Å². The lowest BCUT2D eigenvalue weighted by Crippen LogP contribution is -2.52. The summed E-state index contributed by atoms with van der Waals surface area (Å²) in [5, 5.41) is 3.63. The first-order valence-corrected chi connectivity index (χ1v) is 24.4. The molecule has 362 valence electrons. The van der Waals surface area contributed by atoms with E-state index in [1.807, 2.05) is 66.7 Å². The van der Waals surface area contributed by atoms with Gasteiger partial charge in [-0.1, -0.05) is 83.9 Å². The Labute approximate surface area is 410 Å². The van der Waals surface area contributed by atoms with E-state index in [4.69, 9.17) is 46.9 Å². The van der Waals surface area contributed by atoms with E-state index in [2.05, 4.69) is 15.2 Å².